The highest BCUT2D eigenvalue weighted by Crippen LogP contribution is 2.28. The molecule has 1 heterocycles. The third-order valence-corrected chi connectivity index (χ3v) is 5.69. The van der Waals surface area contributed by atoms with Gasteiger partial charge in [0.2, 0.25) is 5.78 Å². The summed E-state index contributed by atoms with van der Waals surface area (Å²) >= 11 is 0. The minimum absolute atomic E-state index is 0.123. The van der Waals surface area contributed by atoms with Crippen LogP contribution >= 0.6 is 0 Å². The molecule has 0 atom stereocenters. The fourth-order valence-electron chi connectivity index (χ4n) is 3.73. The van der Waals surface area contributed by atoms with Gasteiger partial charge in [-0.2, -0.15) is 0 Å². The zero-order valence-corrected chi connectivity index (χ0v) is 20.2. The first-order valence-corrected chi connectivity index (χ1v) is 11.1. The smallest absolute Gasteiger partial charge is 0.344 e. The molecule has 8 heteroatoms. The van der Waals surface area contributed by atoms with E-state index in [0.29, 0.717) is 29.8 Å². The number of esters is 1. The van der Waals surface area contributed by atoms with Crippen molar-refractivity contribution in [3.63, 3.8) is 0 Å². The molecular weight excluding hydrogens is 453 g/mol. The zero-order valence-electron chi connectivity index (χ0n) is 20.2. The molecule has 0 saturated heterocycles. The third kappa shape index (κ3) is 6.56. The van der Waals surface area contributed by atoms with Crippen LogP contribution in [0.25, 0.3) is 0 Å². The molecule has 0 aliphatic carbocycles. The second-order valence-corrected chi connectivity index (χ2v) is 8.11. The van der Waals surface area contributed by atoms with Crippen molar-refractivity contribution in [3.8, 4) is 11.5 Å². The number of nitrogens with zero attached hydrogens (tertiary/aromatic N) is 1. The SMILES string of the molecule is COc1cc(C(C)=O)ccc1OCC(=O)OCC(=O)c1cc(C)n(CCc2ccc(F)cc2)c1C. The minimum Gasteiger partial charge on any atom is -0.493 e. The fourth-order valence-corrected chi connectivity index (χ4v) is 3.73. The van der Waals surface area contributed by atoms with E-state index in [1.54, 1.807) is 24.3 Å². The molecule has 0 fully saturated rings. The Morgan fingerprint density at radius 1 is 0.943 bits per heavy atom. The number of ether oxygens (including phenoxy) is 3. The monoisotopic (exact) mass is 481 g/mol. The van der Waals surface area contributed by atoms with Gasteiger partial charge in [0, 0.05) is 29.1 Å². The van der Waals surface area contributed by atoms with E-state index >= 15 is 0 Å². The summed E-state index contributed by atoms with van der Waals surface area (Å²) in [6.07, 6.45) is 0.688. The maximum Gasteiger partial charge on any atom is 0.344 e. The van der Waals surface area contributed by atoms with Crippen molar-refractivity contribution in [1.82, 2.24) is 4.57 Å². The Labute approximate surface area is 203 Å². The number of aryl methyl sites for hydroxylation is 2. The second-order valence-electron chi connectivity index (χ2n) is 8.11. The van der Waals surface area contributed by atoms with Gasteiger partial charge < -0.3 is 18.8 Å². The van der Waals surface area contributed by atoms with Crippen LogP contribution < -0.4 is 9.47 Å². The summed E-state index contributed by atoms with van der Waals surface area (Å²) < 4.78 is 30.9. The number of Topliss-reactive ketones (excluding diaryl/α,β-unsaturated/α-hetero) is 2. The molecule has 0 saturated carbocycles. The molecule has 0 bridgehead atoms. The van der Waals surface area contributed by atoms with Crippen LogP contribution in [0, 0.1) is 19.7 Å². The first-order valence-electron chi connectivity index (χ1n) is 11.1. The maximum absolute atomic E-state index is 13.1. The molecule has 35 heavy (non-hydrogen) atoms. The standard InChI is InChI=1S/C27H28FNO6/c1-17-13-23(18(2)29(17)12-11-20-5-8-22(28)9-6-20)24(31)15-35-27(32)16-34-25-10-7-21(19(3)30)14-26(25)33-4/h5-10,13-14H,11-12,15-16H2,1-4H3. The lowest BCUT2D eigenvalue weighted by atomic mass is 10.1. The number of methoxy groups -OCH3 is 1. The molecule has 3 rings (SSSR count). The molecule has 0 amide bonds. The Hall–Kier alpha value is -3.94. The lowest BCUT2D eigenvalue weighted by molar-refractivity contribution is -0.144. The van der Waals surface area contributed by atoms with Crippen molar-refractivity contribution in [2.75, 3.05) is 20.3 Å². The Bertz CT molecular complexity index is 1230. The van der Waals surface area contributed by atoms with Gasteiger partial charge in [-0.1, -0.05) is 12.1 Å². The number of ketones is 2. The molecule has 0 aliphatic heterocycles. The number of rotatable bonds is 11. The van der Waals surface area contributed by atoms with Gasteiger partial charge in [-0.3, -0.25) is 9.59 Å². The summed E-state index contributed by atoms with van der Waals surface area (Å²) in [6.45, 7) is 4.98. The van der Waals surface area contributed by atoms with Crippen LogP contribution in [0.4, 0.5) is 4.39 Å². The van der Waals surface area contributed by atoms with Crippen molar-refractivity contribution < 1.29 is 33.0 Å². The van der Waals surface area contributed by atoms with Gasteiger partial charge in [0.05, 0.1) is 7.11 Å². The van der Waals surface area contributed by atoms with Crippen molar-refractivity contribution in [1.29, 1.82) is 0 Å². The Morgan fingerprint density at radius 2 is 1.66 bits per heavy atom. The van der Waals surface area contributed by atoms with E-state index in [1.807, 2.05) is 18.4 Å². The van der Waals surface area contributed by atoms with Crippen molar-refractivity contribution in [2.45, 2.75) is 33.7 Å². The molecule has 0 aliphatic rings. The summed E-state index contributed by atoms with van der Waals surface area (Å²) in [5.74, 6) is -0.827. The highest BCUT2D eigenvalue weighted by molar-refractivity contribution is 5.99. The highest BCUT2D eigenvalue weighted by Gasteiger charge is 2.18. The average Bonchev–Trinajstić information content (AvgIpc) is 3.13. The Balaban J connectivity index is 1.54. The number of hydrogen-bond acceptors (Lipinski definition) is 6. The van der Waals surface area contributed by atoms with Crippen LogP contribution in [-0.4, -0.2) is 42.4 Å². The van der Waals surface area contributed by atoms with E-state index in [2.05, 4.69) is 0 Å². The first-order chi connectivity index (χ1) is 16.7. The quantitative estimate of drug-likeness (QED) is 0.296. The molecular formula is C27H28FNO6. The van der Waals surface area contributed by atoms with E-state index in [1.165, 1.54) is 38.3 Å². The van der Waals surface area contributed by atoms with E-state index in [0.717, 1.165) is 17.0 Å². The van der Waals surface area contributed by atoms with E-state index < -0.39 is 19.2 Å². The average molecular weight is 482 g/mol. The zero-order chi connectivity index (χ0) is 25.5. The van der Waals surface area contributed by atoms with Crippen LogP contribution in [-0.2, 0) is 22.5 Å². The topological polar surface area (TPSA) is 83.8 Å². The predicted molar refractivity (Wildman–Crippen MR) is 128 cm³/mol. The van der Waals surface area contributed by atoms with Gasteiger partial charge in [0.1, 0.15) is 5.82 Å². The van der Waals surface area contributed by atoms with Crippen molar-refractivity contribution >= 4 is 17.5 Å². The van der Waals surface area contributed by atoms with Crippen LogP contribution in [0.1, 0.15) is 44.6 Å². The van der Waals surface area contributed by atoms with Crippen LogP contribution in [0.15, 0.2) is 48.5 Å². The summed E-state index contributed by atoms with van der Waals surface area (Å²) in [5, 5.41) is 0. The molecule has 0 spiro atoms. The van der Waals surface area contributed by atoms with E-state index in [9.17, 15) is 18.8 Å². The lowest BCUT2D eigenvalue weighted by Crippen LogP contribution is -2.20. The second kappa shape index (κ2) is 11.5. The number of hydrogen-bond donors (Lipinski definition) is 0. The van der Waals surface area contributed by atoms with Crippen LogP contribution in [0.2, 0.25) is 0 Å². The summed E-state index contributed by atoms with van der Waals surface area (Å²) in [7, 11) is 1.43. The molecule has 3 aromatic rings. The Kier molecular flexibility index (Phi) is 8.41. The Morgan fingerprint density at radius 3 is 2.31 bits per heavy atom. The normalized spacial score (nSPS) is 10.7. The van der Waals surface area contributed by atoms with Gasteiger partial charge in [0.25, 0.3) is 0 Å². The van der Waals surface area contributed by atoms with Crippen LogP contribution in [0.5, 0.6) is 11.5 Å². The molecule has 0 radical (unpaired) electrons. The molecule has 0 N–H and O–H groups in total. The summed E-state index contributed by atoms with van der Waals surface area (Å²) in [5.41, 5.74) is 3.61. The van der Waals surface area contributed by atoms with Gasteiger partial charge in [-0.05, 0) is 69.2 Å². The third-order valence-electron chi connectivity index (χ3n) is 5.69. The maximum atomic E-state index is 13.1. The van der Waals surface area contributed by atoms with Gasteiger partial charge in [-0.25, -0.2) is 9.18 Å². The molecule has 7 nitrogen and oxygen atoms in total. The highest BCUT2D eigenvalue weighted by atomic mass is 19.1. The molecule has 184 valence electrons. The van der Waals surface area contributed by atoms with Crippen molar-refractivity contribution in [3.05, 3.63) is 82.4 Å². The summed E-state index contributed by atoms with van der Waals surface area (Å²) in [4.78, 5) is 36.3. The van der Waals surface area contributed by atoms with E-state index in [4.69, 9.17) is 14.2 Å². The largest absolute Gasteiger partial charge is 0.493 e. The summed E-state index contributed by atoms with van der Waals surface area (Å²) in [6, 6.07) is 12.7. The van der Waals surface area contributed by atoms with E-state index in [-0.39, 0.29) is 23.1 Å². The first kappa shape index (κ1) is 25.7. The van der Waals surface area contributed by atoms with Gasteiger partial charge >= 0.3 is 5.97 Å². The van der Waals surface area contributed by atoms with Gasteiger partial charge in [0.15, 0.2) is 30.5 Å². The number of carbonyl (C=O) groups excluding carboxylic acids is 3. The fraction of sp³-hybridized carbons (Fsp3) is 0.296. The molecule has 2 aromatic carbocycles. The minimum atomic E-state index is -0.707. The number of aromatic nitrogens is 1. The predicted octanol–water partition coefficient (Wildman–Crippen LogP) is 4.50. The van der Waals surface area contributed by atoms with Crippen molar-refractivity contribution in [2.24, 2.45) is 0 Å². The number of carbonyl (C=O) groups is 3. The molecule has 1 aromatic heterocycles. The van der Waals surface area contributed by atoms with Gasteiger partial charge in [-0.15, -0.1) is 0 Å². The number of halogens is 1. The van der Waals surface area contributed by atoms with Crippen LogP contribution in [0.3, 0.4) is 0 Å². The lowest BCUT2D eigenvalue weighted by Gasteiger charge is -2.11. The number of benzene rings is 2. The molecule has 0 unspecified atom stereocenters.